The van der Waals surface area contributed by atoms with Crippen LogP contribution in [0.4, 0.5) is 5.69 Å². The molecule has 1 aromatic carbocycles. The van der Waals surface area contributed by atoms with E-state index in [-0.39, 0.29) is 4.90 Å². The van der Waals surface area contributed by atoms with Crippen LogP contribution in [-0.2, 0) is 10.1 Å². The van der Waals surface area contributed by atoms with E-state index in [4.69, 9.17) is 4.55 Å². The van der Waals surface area contributed by atoms with Crippen molar-refractivity contribution in [2.75, 3.05) is 12.4 Å². The molecule has 2 N–H and O–H groups in total. The van der Waals surface area contributed by atoms with Crippen molar-refractivity contribution >= 4 is 21.9 Å². The fourth-order valence-electron chi connectivity index (χ4n) is 1.23. The molecule has 0 aliphatic rings. The van der Waals surface area contributed by atoms with Crippen molar-refractivity contribution < 1.29 is 13.0 Å². The third kappa shape index (κ3) is 2.81. The quantitative estimate of drug-likeness (QED) is 0.775. The highest BCUT2D eigenvalue weighted by molar-refractivity contribution is 7.86. The summed E-state index contributed by atoms with van der Waals surface area (Å²) in [6.07, 6.45) is 3.34. The lowest BCUT2D eigenvalue weighted by molar-refractivity contribution is 0.483. The summed E-state index contributed by atoms with van der Waals surface area (Å²) in [5.41, 5.74) is 1.11. The summed E-state index contributed by atoms with van der Waals surface area (Å²) in [5, 5.41) is 2.81. The van der Waals surface area contributed by atoms with Gasteiger partial charge in [0.2, 0.25) is 0 Å². The van der Waals surface area contributed by atoms with Crippen LogP contribution in [0.15, 0.2) is 29.2 Å². The second kappa shape index (κ2) is 4.46. The normalized spacial score (nSPS) is 11.9. The minimum atomic E-state index is -4.18. The first-order valence-corrected chi connectivity index (χ1v) is 5.85. The molecule has 0 aromatic heterocycles. The molecule has 1 aromatic rings. The Labute approximate surface area is 89.4 Å². The highest BCUT2D eigenvalue weighted by Gasteiger charge is 2.14. The van der Waals surface area contributed by atoms with Crippen molar-refractivity contribution in [3.63, 3.8) is 0 Å². The van der Waals surface area contributed by atoms with Crippen molar-refractivity contribution in [3.05, 3.63) is 29.8 Å². The standard InChI is InChI=1S/C10H13NO3S/c1-3-4-8-5-6-9(11-2)7-10(8)15(12,13)14/h3-7,11H,1-2H3,(H,12,13,14)/b4-3+. The molecule has 0 radical (unpaired) electrons. The molecule has 0 amide bonds. The third-order valence-corrected chi connectivity index (χ3v) is 2.84. The van der Waals surface area contributed by atoms with Gasteiger partial charge in [0.1, 0.15) is 4.90 Å². The molecule has 1 rings (SSSR count). The van der Waals surface area contributed by atoms with E-state index in [1.54, 1.807) is 38.3 Å². The SMILES string of the molecule is C/C=C/c1ccc(NC)cc1S(=O)(=O)O. The zero-order valence-electron chi connectivity index (χ0n) is 8.56. The molecule has 0 aliphatic carbocycles. The predicted molar refractivity (Wildman–Crippen MR) is 60.5 cm³/mol. The zero-order valence-corrected chi connectivity index (χ0v) is 9.38. The van der Waals surface area contributed by atoms with Gasteiger partial charge in [0.15, 0.2) is 0 Å². The van der Waals surface area contributed by atoms with E-state index in [9.17, 15) is 8.42 Å². The highest BCUT2D eigenvalue weighted by atomic mass is 32.2. The van der Waals surface area contributed by atoms with Crippen LogP contribution < -0.4 is 5.32 Å². The van der Waals surface area contributed by atoms with Crippen LogP contribution in [0.25, 0.3) is 6.08 Å². The molecule has 0 atom stereocenters. The minimum absolute atomic E-state index is 0.0903. The van der Waals surface area contributed by atoms with Crippen molar-refractivity contribution in [1.29, 1.82) is 0 Å². The maximum absolute atomic E-state index is 11.1. The largest absolute Gasteiger partial charge is 0.388 e. The van der Waals surface area contributed by atoms with Gasteiger partial charge in [0.25, 0.3) is 10.1 Å². The van der Waals surface area contributed by atoms with Gasteiger partial charge in [-0.15, -0.1) is 0 Å². The van der Waals surface area contributed by atoms with E-state index >= 15 is 0 Å². The molecular formula is C10H13NO3S. The summed E-state index contributed by atoms with van der Waals surface area (Å²) in [4.78, 5) is -0.0903. The maximum atomic E-state index is 11.1. The second-order valence-corrected chi connectivity index (χ2v) is 4.37. The monoisotopic (exact) mass is 227 g/mol. The van der Waals surface area contributed by atoms with E-state index in [2.05, 4.69) is 5.32 Å². The first kappa shape index (κ1) is 11.7. The summed E-state index contributed by atoms with van der Waals surface area (Å²) in [7, 11) is -2.50. The molecule has 0 saturated carbocycles. The van der Waals surface area contributed by atoms with Crippen LogP contribution in [0.3, 0.4) is 0 Å². The van der Waals surface area contributed by atoms with Crippen molar-refractivity contribution in [2.24, 2.45) is 0 Å². The Morgan fingerprint density at radius 2 is 2.07 bits per heavy atom. The third-order valence-electron chi connectivity index (χ3n) is 1.93. The van der Waals surface area contributed by atoms with Crippen molar-refractivity contribution in [2.45, 2.75) is 11.8 Å². The lowest BCUT2D eigenvalue weighted by Crippen LogP contribution is -2.02. The molecule has 4 nitrogen and oxygen atoms in total. The van der Waals surface area contributed by atoms with Gasteiger partial charge < -0.3 is 5.32 Å². The molecule has 82 valence electrons. The number of anilines is 1. The first-order valence-electron chi connectivity index (χ1n) is 4.41. The molecular weight excluding hydrogens is 214 g/mol. The van der Waals surface area contributed by atoms with Gasteiger partial charge in [-0.2, -0.15) is 8.42 Å². The summed E-state index contributed by atoms with van der Waals surface area (Å²) in [6.45, 7) is 1.78. The van der Waals surface area contributed by atoms with Crippen LogP contribution in [0, 0.1) is 0 Å². The highest BCUT2D eigenvalue weighted by Crippen LogP contribution is 2.21. The van der Waals surface area contributed by atoms with Crippen LogP contribution in [0.5, 0.6) is 0 Å². The van der Waals surface area contributed by atoms with Crippen LogP contribution in [-0.4, -0.2) is 20.0 Å². The fraction of sp³-hybridized carbons (Fsp3) is 0.200. The Hall–Kier alpha value is -1.33. The lowest BCUT2D eigenvalue weighted by atomic mass is 10.2. The smallest absolute Gasteiger partial charge is 0.295 e. The van der Waals surface area contributed by atoms with E-state index in [0.29, 0.717) is 11.3 Å². The van der Waals surface area contributed by atoms with E-state index < -0.39 is 10.1 Å². The first-order chi connectivity index (χ1) is 6.99. The number of hydrogen-bond donors (Lipinski definition) is 2. The lowest BCUT2D eigenvalue weighted by Gasteiger charge is -2.06. The van der Waals surface area contributed by atoms with Gasteiger partial charge in [-0.05, 0) is 24.6 Å². The average Bonchev–Trinajstić information content (AvgIpc) is 2.17. The van der Waals surface area contributed by atoms with Crippen LogP contribution >= 0.6 is 0 Å². The minimum Gasteiger partial charge on any atom is -0.388 e. The maximum Gasteiger partial charge on any atom is 0.295 e. The Morgan fingerprint density at radius 3 is 2.53 bits per heavy atom. The van der Waals surface area contributed by atoms with Gasteiger partial charge in [-0.25, -0.2) is 0 Å². The average molecular weight is 227 g/mol. The van der Waals surface area contributed by atoms with Gasteiger partial charge in [0, 0.05) is 12.7 Å². The van der Waals surface area contributed by atoms with Crippen LogP contribution in [0.1, 0.15) is 12.5 Å². The number of hydrogen-bond acceptors (Lipinski definition) is 3. The summed E-state index contributed by atoms with van der Waals surface area (Å²) in [5.74, 6) is 0. The Balaban J connectivity index is 3.42. The number of rotatable bonds is 3. The van der Waals surface area contributed by atoms with Gasteiger partial charge in [-0.3, -0.25) is 4.55 Å². The second-order valence-electron chi connectivity index (χ2n) is 2.98. The summed E-state index contributed by atoms with van der Waals surface area (Å²) >= 11 is 0. The molecule has 0 saturated heterocycles. The molecule has 0 spiro atoms. The molecule has 0 fully saturated rings. The fourth-order valence-corrected chi connectivity index (χ4v) is 1.94. The Kier molecular flexibility index (Phi) is 3.49. The topological polar surface area (TPSA) is 66.4 Å². The molecule has 0 heterocycles. The van der Waals surface area contributed by atoms with Gasteiger partial charge in [-0.1, -0.05) is 18.2 Å². The van der Waals surface area contributed by atoms with Gasteiger partial charge in [0.05, 0.1) is 0 Å². The van der Waals surface area contributed by atoms with Gasteiger partial charge >= 0.3 is 0 Å². The van der Waals surface area contributed by atoms with Crippen molar-refractivity contribution in [1.82, 2.24) is 0 Å². The zero-order chi connectivity index (χ0) is 11.5. The Bertz CT molecular complexity index is 477. The molecule has 0 aliphatic heterocycles. The number of benzene rings is 1. The number of allylic oxidation sites excluding steroid dienone is 1. The molecule has 15 heavy (non-hydrogen) atoms. The van der Waals surface area contributed by atoms with Crippen molar-refractivity contribution in [3.8, 4) is 0 Å². The van der Waals surface area contributed by atoms with E-state index in [1.807, 2.05) is 0 Å². The predicted octanol–water partition coefficient (Wildman–Crippen LogP) is 2.01. The molecule has 0 bridgehead atoms. The summed E-state index contributed by atoms with van der Waals surface area (Å²) < 4.78 is 31.2. The number of nitrogens with one attached hydrogen (secondary N) is 1. The molecule has 0 unspecified atom stereocenters. The van der Waals surface area contributed by atoms with E-state index in [1.165, 1.54) is 6.07 Å². The molecule has 5 heteroatoms. The van der Waals surface area contributed by atoms with Crippen LogP contribution in [0.2, 0.25) is 0 Å². The van der Waals surface area contributed by atoms with E-state index in [0.717, 1.165) is 0 Å². The Morgan fingerprint density at radius 1 is 1.40 bits per heavy atom. The summed E-state index contributed by atoms with van der Waals surface area (Å²) in [6, 6.07) is 4.77.